The molecule has 68 valence electrons. The quantitative estimate of drug-likeness (QED) is 0.636. The zero-order chi connectivity index (χ0) is 9.64. The van der Waals surface area contributed by atoms with Crippen molar-refractivity contribution < 1.29 is 4.79 Å². The summed E-state index contributed by atoms with van der Waals surface area (Å²) in [7, 11) is 1.75. The van der Waals surface area contributed by atoms with Crippen LogP contribution in [0.15, 0.2) is 24.3 Å². The molecule has 1 aromatic carbocycles. The van der Waals surface area contributed by atoms with E-state index in [1.807, 2.05) is 24.3 Å². The Morgan fingerprint density at radius 1 is 1.38 bits per heavy atom. The number of nitrogens with zero attached hydrogens (tertiary/aromatic N) is 1. The molecule has 2 rings (SSSR count). The highest BCUT2D eigenvalue weighted by Gasteiger charge is 2.42. The van der Waals surface area contributed by atoms with Gasteiger partial charge in [-0.3, -0.25) is 4.79 Å². The van der Waals surface area contributed by atoms with Crippen molar-refractivity contribution in [2.24, 2.45) is 5.73 Å². The number of carbonyl (C=O) groups is 1. The maximum Gasteiger partial charge on any atom is 0.251 e. The van der Waals surface area contributed by atoms with Crippen molar-refractivity contribution in [2.75, 3.05) is 11.9 Å². The fraction of sp³-hybridized carbons (Fsp3) is 0.300. The Bertz CT molecular complexity index is 371. The van der Waals surface area contributed by atoms with Gasteiger partial charge in [0.25, 0.3) is 5.91 Å². The van der Waals surface area contributed by atoms with Crippen molar-refractivity contribution in [2.45, 2.75) is 12.5 Å². The van der Waals surface area contributed by atoms with Gasteiger partial charge >= 0.3 is 0 Å². The highest BCUT2D eigenvalue weighted by atomic mass is 16.2. The van der Waals surface area contributed by atoms with Gasteiger partial charge in [0.1, 0.15) is 5.54 Å². The second-order valence-corrected chi connectivity index (χ2v) is 3.58. The molecule has 1 amide bonds. The third kappa shape index (κ3) is 0.906. The fourth-order valence-electron chi connectivity index (χ4n) is 1.78. The first kappa shape index (κ1) is 8.26. The molecule has 1 heterocycles. The van der Waals surface area contributed by atoms with E-state index in [1.165, 1.54) is 0 Å². The number of hydrogen-bond donors (Lipinski definition) is 1. The molecule has 0 bridgehead atoms. The minimum absolute atomic E-state index is 0.0475. The van der Waals surface area contributed by atoms with Crippen LogP contribution in [-0.4, -0.2) is 13.0 Å². The van der Waals surface area contributed by atoms with E-state index < -0.39 is 5.54 Å². The SMILES string of the molecule is CN1C(=O)C(C)(N)c2ccccc21. The van der Waals surface area contributed by atoms with E-state index in [1.54, 1.807) is 18.9 Å². The summed E-state index contributed by atoms with van der Waals surface area (Å²) in [5, 5.41) is 0. The second kappa shape index (κ2) is 2.33. The molecule has 0 aliphatic carbocycles. The van der Waals surface area contributed by atoms with E-state index in [0.29, 0.717) is 0 Å². The molecular formula is C10H12N2O. The van der Waals surface area contributed by atoms with E-state index in [0.717, 1.165) is 11.3 Å². The van der Waals surface area contributed by atoms with Crippen LogP contribution in [0.3, 0.4) is 0 Å². The van der Waals surface area contributed by atoms with Gasteiger partial charge in [-0.2, -0.15) is 0 Å². The molecule has 0 fully saturated rings. The van der Waals surface area contributed by atoms with E-state index in [9.17, 15) is 4.79 Å². The van der Waals surface area contributed by atoms with Gasteiger partial charge in [-0.1, -0.05) is 18.2 Å². The monoisotopic (exact) mass is 176 g/mol. The van der Waals surface area contributed by atoms with E-state index >= 15 is 0 Å². The lowest BCUT2D eigenvalue weighted by molar-refractivity contribution is -0.122. The molecular weight excluding hydrogens is 164 g/mol. The average molecular weight is 176 g/mol. The predicted molar refractivity (Wildman–Crippen MR) is 51.4 cm³/mol. The number of fused-ring (bicyclic) bond motifs is 1. The Hall–Kier alpha value is -1.35. The molecule has 3 nitrogen and oxygen atoms in total. The van der Waals surface area contributed by atoms with E-state index in [4.69, 9.17) is 5.73 Å². The first-order valence-corrected chi connectivity index (χ1v) is 4.21. The Kier molecular flexibility index (Phi) is 1.48. The van der Waals surface area contributed by atoms with Gasteiger partial charge in [0.15, 0.2) is 0 Å². The number of rotatable bonds is 0. The first-order chi connectivity index (χ1) is 6.05. The van der Waals surface area contributed by atoms with Gasteiger partial charge in [0.05, 0.1) is 0 Å². The van der Waals surface area contributed by atoms with Crippen molar-refractivity contribution >= 4 is 11.6 Å². The largest absolute Gasteiger partial charge is 0.314 e. The topological polar surface area (TPSA) is 46.3 Å². The Balaban J connectivity index is 2.68. The zero-order valence-corrected chi connectivity index (χ0v) is 7.74. The van der Waals surface area contributed by atoms with Gasteiger partial charge in [-0.05, 0) is 13.0 Å². The van der Waals surface area contributed by atoms with E-state index in [2.05, 4.69) is 0 Å². The molecule has 1 aliphatic heterocycles. The maximum atomic E-state index is 11.7. The van der Waals surface area contributed by atoms with Crippen LogP contribution in [0.2, 0.25) is 0 Å². The molecule has 1 aromatic rings. The van der Waals surface area contributed by atoms with Crippen LogP contribution in [0.5, 0.6) is 0 Å². The minimum atomic E-state index is -0.856. The molecule has 1 aliphatic rings. The van der Waals surface area contributed by atoms with Crippen molar-refractivity contribution in [3.05, 3.63) is 29.8 Å². The zero-order valence-electron chi connectivity index (χ0n) is 7.74. The van der Waals surface area contributed by atoms with Gasteiger partial charge in [0.2, 0.25) is 0 Å². The number of likely N-dealkylation sites (N-methyl/N-ethyl adjacent to an activating group) is 1. The van der Waals surface area contributed by atoms with Crippen molar-refractivity contribution in [3.63, 3.8) is 0 Å². The minimum Gasteiger partial charge on any atom is -0.314 e. The average Bonchev–Trinajstić information content (AvgIpc) is 2.30. The Morgan fingerprint density at radius 2 is 2.00 bits per heavy atom. The van der Waals surface area contributed by atoms with Crippen LogP contribution in [0.25, 0.3) is 0 Å². The number of nitrogens with two attached hydrogens (primary N) is 1. The Morgan fingerprint density at radius 3 is 2.62 bits per heavy atom. The fourth-order valence-corrected chi connectivity index (χ4v) is 1.78. The predicted octanol–water partition coefficient (Wildman–Crippen LogP) is 0.837. The maximum absolute atomic E-state index is 11.7. The van der Waals surface area contributed by atoms with Crippen molar-refractivity contribution in [1.82, 2.24) is 0 Å². The summed E-state index contributed by atoms with van der Waals surface area (Å²) >= 11 is 0. The van der Waals surface area contributed by atoms with Crippen LogP contribution >= 0.6 is 0 Å². The Labute approximate surface area is 77.1 Å². The molecule has 1 unspecified atom stereocenters. The molecule has 3 heteroatoms. The molecule has 0 radical (unpaired) electrons. The number of carbonyl (C=O) groups excluding carboxylic acids is 1. The normalized spacial score (nSPS) is 26.4. The summed E-state index contributed by atoms with van der Waals surface area (Å²) in [5.74, 6) is -0.0475. The summed E-state index contributed by atoms with van der Waals surface area (Å²) in [6.45, 7) is 1.75. The molecule has 0 saturated carbocycles. The second-order valence-electron chi connectivity index (χ2n) is 3.58. The highest BCUT2D eigenvalue weighted by Crippen LogP contribution is 2.36. The van der Waals surface area contributed by atoms with E-state index in [-0.39, 0.29) is 5.91 Å². The van der Waals surface area contributed by atoms with Crippen LogP contribution in [0.4, 0.5) is 5.69 Å². The van der Waals surface area contributed by atoms with Gasteiger partial charge < -0.3 is 10.6 Å². The lowest BCUT2D eigenvalue weighted by atomic mass is 9.95. The molecule has 0 aromatic heterocycles. The summed E-state index contributed by atoms with van der Waals surface area (Å²) in [6.07, 6.45) is 0. The molecule has 13 heavy (non-hydrogen) atoms. The van der Waals surface area contributed by atoms with Gasteiger partial charge in [-0.25, -0.2) is 0 Å². The van der Waals surface area contributed by atoms with Crippen LogP contribution in [0, 0.1) is 0 Å². The number of amides is 1. The summed E-state index contributed by atoms with van der Waals surface area (Å²) in [4.78, 5) is 13.3. The lowest BCUT2D eigenvalue weighted by Gasteiger charge is -2.16. The number of anilines is 1. The highest BCUT2D eigenvalue weighted by molar-refractivity contribution is 6.06. The van der Waals surface area contributed by atoms with Crippen LogP contribution in [-0.2, 0) is 10.3 Å². The first-order valence-electron chi connectivity index (χ1n) is 4.21. The lowest BCUT2D eigenvalue weighted by Crippen LogP contribution is -2.43. The molecule has 2 N–H and O–H groups in total. The number of para-hydroxylation sites is 1. The molecule has 0 spiro atoms. The van der Waals surface area contributed by atoms with Crippen LogP contribution in [0.1, 0.15) is 12.5 Å². The number of benzene rings is 1. The number of hydrogen-bond acceptors (Lipinski definition) is 2. The van der Waals surface area contributed by atoms with Crippen molar-refractivity contribution in [1.29, 1.82) is 0 Å². The van der Waals surface area contributed by atoms with Gasteiger partial charge in [-0.15, -0.1) is 0 Å². The summed E-state index contributed by atoms with van der Waals surface area (Å²) < 4.78 is 0. The third-order valence-electron chi connectivity index (χ3n) is 2.57. The third-order valence-corrected chi connectivity index (χ3v) is 2.57. The molecule has 0 saturated heterocycles. The summed E-state index contributed by atoms with van der Waals surface area (Å²) in [5.41, 5.74) is 6.90. The van der Waals surface area contributed by atoms with Crippen molar-refractivity contribution in [3.8, 4) is 0 Å². The molecule has 1 atom stereocenters. The van der Waals surface area contributed by atoms with Crippen LogP contribution < -0.4 is 10.6 Å². The van der Waals surface area contributed by atoms with Gasteiger partial charge in [0, 0.05) is 18.3 Å². The summed E-state index contributed by atoms with van der Waals surface area (Å²) in [6, 6.07) is 7.61. The smallest absolute Gasteiger partial charge is 0.251 e. The standard InChI is InChI=1S/C10H12N2O/c1-10(11)7-5-3-4-6-8(7)12(2)9(10)13/h3-6H,11H2,1-2H3.